The van der Waals surface area contributed by atoms with E-state index in [2.05, 4.69) is 0 Å². The maximum Gasteiger partial charge on any atom is 0.232 e. The van der Waals surface area contributed by atoms with E-state index in [1.165, 1.54) is 5.56 Å². The van der Waals surface area contributed by atoms with Crippen molar-refractivity contribution in [3.63, 3.8) is 0 Å². The molecular formula is C7H9ClO2S2. The van der Waals surface area contributed by atoms with Crippen molar-refractivity contribution < 1.29 is 8.42 Å². The molecule has 0 aliphatic rings. The third-order valence-electron chi connectivity index (χ3n) is 1.38. The van der Waals surface area contributed by atoms with E-state index in [9.17, 15) is 8.42 Å². The Hall–Kier alpha value is -0.0600. The molecule has 0 aliphatic heterocycles. The van der Waals surface area contributed by atoms with Gasteiger partial charge in [0, 0.05) is 15.6 Å². The predicted octanol–water partition coefficient (Wildman–Crippen LogP) is 2.17. The third-order valence-corrected chi connectivity index (χ3v) is 3.65. The van der Waals surface area contributed by atoms with Gasteiger partial charge in [0.1, 0.15) is 0 Å². The van der Waals surface area contributed by atoms with Gasteiger partial charge in [-0.1, -0.05) is 0 Å². The quantitative estimate of drug-likeness (QED) is 0.738. The summed E-state index contributed by atoms with van der Waals surface area (Å²) in [5, 5.41) is 2.00. The molecule has 1 aromatic heterocycles. The Labute approximate surface area is 80.6 Å². The Bertz CT molecular complexity index is 353. The third kappa shape index (κ3) is 3.56. The SMILES string of the molecule is Cc1csc(CCS(=O)(=O)Cl)c1. The van der Waals surface area contributed by atoms with E-state index in [4.69, 9.17) is 10.7 Å². The second kappa shape index (κ2) is 3.77. The summed E-state index contributed by atoms with van der Waals surface area (Å²) in [5.41, 5.74) is 1.17. The van der Waals surface area contributed by atoms with Gasteiger partial charge in [-0.15, -0.1) is 11.3 Å². The average molecular weight is 225 g/mol. The highest BCUT2D eigenvalue weighted by atomic mass is 35.7. The van der Waals surface area contributed by atoms with Gasteiger partial charge in [-0.3, -0.25) is 0 Å². The second-order valence-corrected chi connectivity index (χ2v) is 6.48. The zero-order valence-electron chi connectivity index (χ0n) is 6.58. The lowest BCUT2D eigenvalue weighted by Crippen LogP contribution is -1.99. The summed E-state index contributed by atoms with van der Waals surface area (Å²) in [6.07, 6.45) is 0.518. The molecule has 0 spiro atoms. The molecule has 68 valence electrons. The summed E-state index contributed by atoms with van der Waals surface area (Å²) in [7, 11) is 1.73. The molecule has 12 heavy (non-hydrogen) atoms. The van der Waals surface area contributed by atoms with Crippen molar-refractivity contribution in [2.75, 3.05) is 5.75 Å². The van der Waals surface area contributed by atoms with Crippen LogP contribution in [0.3, 0.4) is 0 Å². The van der Waals surface area contributed by atoms with E-state index >= 15 is 0 Å². The van der Waals surface area contributed by atoms with Crippen LogP contribution < -0.4 is 0 Å². The Kier molecular flexibility index (Phi) is 3.15. The van der Waals surface area contributed by atoms with E-state index in [0.717, 1.165) is 4.88 Å². The first-order valence-electron chi connectivity index (χ1n) is 3.44. The lowest BCUT2D eigenvalue weighted by molar-refractivity contribution is 0.609. The first-order valence-corrected chi connectivity index (χ1v) is 6.79. The minimum absolute atomic E-state index is 0.0223. The van der Waals surface area contributed by atoms with Crippen LogP contribution in [0, 0.1) is 6.92 Å². The normalized spacial score (nSPS) is 11.8. The molecule has 1 aromatic rings. The van der Waals surface area contributed by atoms with Crippen molar-refractivity contribution in [3.05, 3.63) is 21.9 Å². The van der Waals surface area contributed by atoms with Crippen LogP contribution in [0.2, 0.25) is 0 Å². The van der Waals surface area contributed by atoms with Crippen molar-refractivity contribution in [2.24, 2.45) is 0 Å². The number of halogens is 1. The highest BCUT2D eigenvalue weighted by Gasteiger charge is 2.06. The Morgan fingerprint density at radius 2 is 2.25 bits per heavy atom. The van der Waals surface area contributed by atoms with E-state index in [-0.39, 0.29) is 5.75 Å². The standard InChI is InChI=1S/C7H9ClO2S2/c1-6-4-7(11-5-6)2-3-12(8,9)10/h4-5H,2-3H2,1H3. The van der Waals surface area contributed by atoms with Crippen LogP contribution in [-0.2, 0) is 15.5 Å². The molecule has 1 heterocycles. The maximum absolute atomic E-state index is 10.6. The van der Waals surface area contributed by atoms with Crippen LogP contribution in [-0.4, -0.2) is 14.2 Å². The monoisotopic (exact) mass is 224 g/mol. The van der Waals surface area contributed by atoms with E-state index in [0.29, 0.717) is 6.42 Å². The van der Waals surface area contributed by atoms with Crippen molar-refractivity contribution >= 4 is 31.1 Å². The van der Waals surface area contributed by atoms with Crippen molar-refractivity contribution in [1.82, 2.24) is 0 Å². The molecule has 1 rings (SSSR count). The zero-order chi connectivity index (χ0) is 9.19. The molecular weight excluding hydrogens is 216 g/mol. The molecule has 0 bridgehead atoms. The molecule has 0 atom stereocenters. The molecule has 5 heteroatoms. The van der Waals surface area contributed by atoms with Gasteiger partial charge in [-0.05, 0) is 30.4 Å². The summed E-state index contributed by atoms with van der Waals surface area (Å²) in [6, 6.07) is 1.98. The molecule has 0 aromatic carbocycles. The summed E-state index contributed by atoms with van der Waals surface area (Å²) in [4.78, 5) is 1.07. The molecule has 0 radical (unpaired) electrons. The smallest absolute Gasteiger partial charge is 0.212 e. The molecule has 0 saturated carbocycles. The van der Waals surface area contributed by atoms with Crippen LogP contribution in [0.5, 0.6) is 0 Å². The van der Waals surface area contributed by atoms with Gasteiger partial charge < -0.3 is 0 Å². The first-order chi connectivity index (χ1) is 5.47. The van der Waals surface area contributed by atoms with Gasteiger partial charge in [-0.2, -0.15) is 0 Å². The molecule has 0 N–H and O–H groups in total. The molecule has 0 aliphatic carbocycles. The summed E-state index contributed by atoms with van der Waals surface area (Å²) >= 11 is 1.57. The lowest BCUT2D eigenvalue weighted by Gasteiger charge is -1.92. The van der Waals surface area contributed by atoms with Gasteiger partial charge in [0.25, 0.3) is 0 Å². The summed E-state index contributed by atoms with van der Waals surface area (Å²) in [5.74, 6) is 0.0223. The van der Waals surface area contributed by atoms with Crippen LogP contribution >= 0.6 is 22.0 Å². The molecule has 0 saturated heterocycles. The summed E-state index contributed by atoms with van der Waals surface area (Å²) in [6.45, 7) is 1.98. The minimum atomic E-state index is -3.33. The number of hydrogen-bond acceptors (Lipinski definition) is 3. The highest BCUT2D eigenvalue weighted by Crippen LogP contribution is 2.15. The Morgan fingerprint density at radius 3 is 2.67 bits per heavy atom. The van der Waals surface area contributed by atoms with Crippen molar-refractivity contribution in [2.45, 2.75) is 13.3 Å². The Morgan fingerprint density at radius 1 is 1.58 bits per heavy atom. The first kappa shape index (κ1) is 10.0. The van der Waals surface area contributed by atoms with E-state index < -0.39 is 9.05 Å². The van der Waals surface area contributed by atoms with Crippen LogP contribution in [0.1, 0.15) is 10.4 Å². The van der Waals surface area contributed by atoms with E-state index in [1.54, 1.807) is 11.3 Å². The van der Waals surface area contributed by atoms with Gasteiger partial charge in [0.05, 0.1) is 5.75 Å². The fraction of sp³-hybridized carbons (Fsp3) is 0.429. The fourth-order valence-electron chi connectivity index (χ4n) is 0.844. The van der Waals surface area contributed by atoms with Gasteiger partial charge in [-0.25, -0.2) is 8.42 Å². The largest absolute Gasteiger partial charge is 0.232 e. The van der Waals surface area contributed by atoms with E-state index in [1.807, 2.05) is 18.4 Å². The zero-order valence-corrected chi connectivity index (χ0v) is 8.97. The lowest BCUT2D eigenvalue weighted by atomic mass is 10.3. The van der Waals surface area contributed by atoms with Crippen molar-refractivity contribution in [3.8, 4) is 0 Å². The molecule has 0 amide bonds. The van der Waals surface area contributed by atoms with Crippen molar-refractivity contribution in [1.29, 1.82) is 0 Å². The van der Waals surface area contributed by atoms with Crippen LogP contribution in [0.15, 0.2) is 11.4 Å². The van der Waals surface area contributed by atoms with Gasteiger partial charge in [0.15, 0.2) is 0 Å². The second-order valence-electron chi connectivity index (χ2n) is 2.58. The predicted molar refractivity (Wildman–Crippen MR) is 52.4 cm³/mol. The van der Waals surface area contributed by atoms with Crippen LogP contribution in [0.25, 0.3) is 0 Å². The molecule has 0 unspecified atom stereocenters. The topological polar surface area (TPSA) is 34.1 Å². The van der Waals surface area contributed by atoms with Crippen LogP contribution in [0.4, 0.5) is 0 Å². The number of hydrogen-bond donors (Lipinski definition) is 0. The molecule has 0 fully saturated rings. The summed E-state index contributed by atoms with van der Waals surface area (Å²) < 4.78 is 21.2. The average Bonchev–Trinajstić information content (AvgIpc) is 2.30. The minimum Gasteiger partial charge on any atom is -0.212 e. The maximum atomic E-state index is 10.6. The number of aryl methyl sites for hydroxylation is 2. The Balaban J connectivity index is 2.55. The fourth-order valence-corrected chi connectivity index (χ4v) is 2.55. The van der Waals surface area contributed by atoms with Gasteiger partial charge >= 0.3 is 0 Å². The molecule has 2 nitrogen and oxygen atoms in total. The van der Waals surface area contributed by atoms with Gasteiger partial charge in [0.2, 0.25) is 9.05 Å². The number of thiophene rings is 1. The number of rotatable bonds is 3. The highest BCUT2D eigenvalue weighted by molar-refractivity contribution is 8.13.